The van der Waals surface area contributed by atoms with E-state index in [0.29, 0.717) is 16.3 Å². The average Bonchev–Trinajstić information content (AvgIpc) is 2.86. The highest BCUT2D eigenvalue weighted by Gasteiger charge is 2.33. The molecule has 2 amide bonds. The summed E-state index contributed by atoms with van der Waals surface area (Å²) in [5.41, 5.74) is 0.429. The molecule has 3 aromatic carbocycles. The fraction of sp³-hybridized carbons (Fsp3) is 0.286. The Bertz CT molecular complexity index is 1380. The molecule has 0 radical (unpaired) electrons. The summed E-state index contributed by atoms with van der Waals surface area (Å²) >= 11 is 9.75. The quantitative estimate of drug-likeness (QED) is 0.336. The Morgan fingerprint density at radius 2 is 1.53 bits per heavy atom. The van der Waals surface area contributed by atoms with Crippen molar-refractivity contribution in [3.63, 3.8) is 0 Å². The summed E-state index contributed by atoms with van der Waals surface area (Å²) in [6, 6.07) is 20.7. The summed E-state index contributed by atoms with van der Waals surface area (Å²) in [6.45, 7) is 6.66. The van der Waals surface area contributed by atoms with Crippen molar-refractivity contribution in [1.82, 2.24) is 10.2 Å². The first-order valence-corrected chi connectivity index (χ1v) is 14.6. The number of hydrogen-bond donors (Lipinski definition) is 1. The van der Waals surface area contributed by atoms with Crippen molar-refractivity contribution >= 4 is 55.1 Å². The number of halogens is 2. The molecular weight excluding hydrogens is 590 g/mol. The molecule has 0 spiro atoms. The van der Waals surface area contributed by atoms with Gasteiger partial charge in [-0.3, -0.25) is 13.9 Å². The molecule has 38 heavy (non-hydrogen) atoms. The molecular formula is C28H31BrClN3O4S. The minimum atomic E-state index is -4.11. The minimum absolute atomic E-state index is 0.0246. The topological polar surface area (TPSA) is 86.8 Å². The lowest BCUT2D eigenvalue weighted by atomic mass is 10.1. The molecule has 0 aliphatic carbocycles. The molecule has 0 bridgehead atoms. The lowest BCUT2D eigenvalue weighted by Crippen LogP contribution is -2.54. The molecule has 0 aromatic heterocycles. The number of nitrogens with zero attached hydrogens (tertiary/aromatic N) is 2. The van der Waals surface area contributed by atoms with Crippen molar-refractivity contribution in [2.24, 2.45) is 0 Å². The maximum atomic E-state index is 13.9. The summed E-state index contributed by atoms with van der Waals surface area (Å²) in [5.74, 6) is -0.914. The minimum Gasteiger partial charge on any atom is -0.350 e. The van der Waals surface area contributed by atoms with Gasteiger partial charge < -0.3 is 10.2 Å². The van der Waals surface area contributed by atoms with Crippen LogP contribution in [-0.2, 0) is 26.2 Å². The van der Waals surface area contributed by atoms with E-state index >= 15 is 0 Å². The van der Waals surface area contributed by atoms with Crippen LogP contribution in [0.15, 0.2) is 88.2 Å². The summed E-state index contributed by atoms with van der Waals surface area (Å²) in [7, 11) is -4.11. The molecule has 1 N–H and O–H groups in total. The number of amides is 2. The van der Waals surface area contributed by atoms with Gasteiger partial charge in [-0.15, -0.1) is 0 Å². The third-order valence-electron chi connectivity index (χ3n) is 5.69. The fourth-order valence-corrected chi connectivity index (χ4v) is 5.62. The first kappa shape index (κ1) is 29.7. The molecule has 202 valence electrons. The normalized spacial score (nSPS) is 12.5. The van der Waals surface area contributed by atoms with Gasteiger partial charge in [0.2, 0.25) is 11.8 Å². The molecule has 10 heteroatoms. The van der Waals surface area contributed by atoms with Crippen molar-refractivity contribution in [2.75, 3.05) is 10.8 Å². The first-order chi connectivity index (χ1) is 17.8. The Morgan fingerprint density at radius 1 is 0.947 bits per heavy atom. The SMILES string of the molecule is C[C@H](C(=O)NC(C)(C)C)N(Cc1ccccc1Cl)C(=O)CN(c1ccc(Br)cc1)S(=O)(=O)c1ccccc1. The van der Waals surface area contributed by atoms with E-state index in [2.05, 4.69) is 21.2 Å². The molecule has 1 atom stereocenters. The Labute approximate surface area is 238 Å². The number of rotatable bonds is 9. The number of anilines is 1. The van der Waals surface area contributed by atoms with Gasteiger partial charge in [0.05, 0.1) is 10.6 Å². The zero-order chi connectivity index (χ0) is 28.1. The predicted molar refractivity (Wildman–Crippen MR) is 154 cm³/mol. The maximum absolute atomic E-state index is 13.9. The van der Waals surface area contributed by atoms with Gasteiger partial charge in [-0.25, -0.2) is 8.42 Å². The highest BCUT2D eigenvalue weighted by atomic mass is 79.9. The third kappa shape index (κ3) is 7.58. The fourth-order valence-electron chi connectivity index (χ4n) is 3.72. The van der Waals surface area contributed by atoms with Crippen LogP contribution in [0.25, 0.3) is 0 Å². The second-order valence-electron chi connectivity index (χ2n) is 9.83. The van der Waals surface area contributed by atoms with Gasteiger partial charge in [0.25, 0.3) is 10.0 Å². The van der Waals surface area contributed by atoms with Crippen LogP contribution >= 0.6 is 27.5 Å². The van der Waals surface area contributed by atoms with Crippen molar-refractivity contribution < 1.29 is 18.0 Å². The second kappa shape index (κ2) is 12.3. The molecule has 3 rings (SSSR count). The lowest BCUT2D eigenvalue weighted by Gasteiger charge is -2.33. The van der Waals surface area contributed by atoms with Crippen molar-refractivity contribution in [3.05, 3.63) is 93.9 Å². The molecule has 0 heterocycles. The van der Waals surface area contributed by atoms with Gasteiger partial charge in [-0.05, 0) is 75.7 Å². The summed E-state index contributed by atoms with van der Waals surface area (Å²) < 4.78 is 29.3. The number of sulfonamides is 1. The first-order valence-electron chi connectivity index (χ1n) is 12.0. The molecule has 0 aliphatic heterocycles. The van der Waals surface area contributed by atoms with E-state index in [9.17, 15) is 18.0 Å². The van der Waals surface area contributed by atoms with Crippen LogP contribution < -0.4 is 9.62 Å². The molecule has 0 saturated carbocycles. The van der Waals surface area contributed by atoms with Gasteiger partial charge in [0, 0.05) is 21.6 Å². The summed E-state index contributed by atoms with van der Waals surface area (Å²) in [4.78, 5) is 28.4. The molecule has 0 saturated heterocycles. The molecule has 0 aliphatic rings. The monoisotopic (exact) mass is 619 g/mol. The van der Waals surface area contributed by atoms with E-state index < -0.39 is 34.1 Å². The number of nitrogens with one attached hydrogen (secondary N) is 1. The summed E-state index contributed by atoms with van der Waals surface area (Å²) in [5, 5.41) is 3.34. The van der Waals surface area contributed by atoms with Crippen LogP contribution in [0.5, 0.6) is 0 Å². The molecule has 3 aromatic rings. The highest BCUT2D eigenvalue weighted by Crippen LogP contribution is 2.26. The maximum Gasteiger partial charge on any atom is 0.264 e. The second-order valence-corrected chi connectivity index (χ2v) is 13.0. The van der Waals surface area contributed by atoms with Crippen LogP contribution in [-0.4, -0.2) is 43.3 Å². The molecule has 0 unspecified atom stereocenters. The zero-order valence-electron chi connectivity index (χ0n) is 21.7. The van der Waals surface area contributed by atoms with Crippen molar-refractivity contribution in [2.45, 2.75) is 50.7 Å². The smallest absolute Gasteiger partial charge is 0.264 e. The van der Waals surface area contributed by atoms with Gasteiger partial charge in [-0.1, -0.05) is 63.9 Å². The van der Waals surface area contributed by atoms with Gasteiger partial charge in [0.1, 0.15) is 12.6 Å². The highest BCUT2D eigenvalue weighted by molar-refractivity contribution is 9.10. The Balaban J connectivity index is 2.03. The predicted octanol–water partition coefficient (Wildman–Crippen LogP) is 5.63. The van der Waals surface area contributed by atoms with E-state index in [-0.39, 0.29) is 17.3 Å². The van der Waals surface area contributed by atoms with Crippen molar-refractivity contribution in [3.8, 4) is 0 Å². The third-order valence-corrected chi connectivity index (χ3v) is 8.37. The zero-order valence-corrected chi connectivity index (χ0v) is 24.8. The average molecular weight is 621 g/mol. The van der Waals surface area contributed by atoms with E-state index in [1.807, 2.05) is 20.8 Å². The lowest BCUT2D eigenvalue weighted by molar-refractivity contribution is -0.140. The number of benzene rings is 3. The van der Waals surface area contributed by atoms with Crippen molar-refractivity contribution in [1.29, 1.82) is 0 Å². The number of carbonyl (C=O) groups excluding carboxylic acids is 2. The standard InChI is InChI=1S/C28H31BrClN3O4S/c1-20(27(35)31-28(2,3)4)32(18-21-10-8-9-13-25(21)30)26(34)19-33(23-16-14-22(29)15-17-23)38(36,37)24-11-6-5-7-12-24/h5-17,20H,18-19H2,1-4H3,(H,31,35)/t20-/m1/s1. The molecule has 0 fully saturated rings. The van der Waals surface area contributed by atoms with E-state index in [4.69, 9.17) is 11.6 Å². The van der Waals surface area contributed by atoms with Crippen LogP contribution in [0, 0.1) is 0 Å². The van der Waals surface area contributed by atoms with Crippen LogP contribution in [0.4, 0.5) is 5.69 Å². The van der Waals surface area contributed by atoms with Gasteiger partial charge in [-0.2, -0.15) is 0 Å². The Kier molecular flexibility index (Phi) is 9.62. The van der Waals surface area contributed by atoms with Gasteiger partial charge in [0.15, 0.2) is 0 Å². The summed E-state index contributed by atoms with van der Waals surface area (Å²) in [6.07, 6.45) is 0. The largest absolute Gasteiger partial charge is 0.350 e. The van der Waals surface area contributed by atoms with Crippen LogP contribution in [0.2, 0.25) is 5.02 Å². The van der Waals surface area contributed by atoms with Crippen LogP contribution in [0.3, 0.4) is 0 Å². The van der Waals surface area contributed by atoms with Crippen LogP contribution in [0.1, 0.15) is 33.3 Å². The Hall–Kier alpha value is -2.88. The van der Waals surface area contributed by atoms with Gasteiger partial charge >= 0.3 is 0 Å². The van der Waals surface area contributed by atoms with E-state index in [1.165, 1.54) is 17.0 Å². The number of hydrogen-bond acceptors (Lipinski definition) is 4. The van der Waals surface area contributed by atoms with E-state index in [0.717, 1.165) is 8.78 Å². The Morgan fingerprint density at radius 3 is 2.11 bits per heavy atom. The molecule has 7 nitrogen and oxygen atoms in total. The van der Waals surface area contributed by atoms with E-state index in [1.54, 1.807) is 73.7 Å². The number of carbonyl (C=O) groups is 2.